The molecule has 1 aliphatic rings. The highest BCUT2D eigenvalue weighted by atomic mass is 35.5. The molecular formula is C12H16Cl2N2O. The topological polar surface area (TPSA) is 24.5 Å². The molecule has 1 aromatic carbocycles. The fourth-order valence-electron chi connectivity index (χ4n) is 2.07. The lowest BCUT2D eigenvalue weighted by Gasteiger charge is -2.34. The minimum Gasteiger partial charge on any atom is -0.495 e. The highest BCUT2D eigenvalue weighted by Gasteiger charge is 2.19. The summed E-state index contributed by atoms with van der Waals surface area (Å²) in [5.41, 5.74) is 0.987. The molecule has 0 saturated carbocycles. The Morgan fingerprint density at radius 3 is 2.76 bits per heavy atom. The molecule has 2 rings (SSSR count). The molecule has 0 bridgehead atoms. The molecule has 17 heavy (non-hydrogen) atoms. The lowest BCUT2D eigenvalue weighted by Crippen LogP contribution is -2.49. The molecule has 1 unspecified atom stereocenters. The molecule has 3 nitrogen and oxygen atoms in total. The van der Waals surface area contributed by atoms with Gasteiger partial charge in [-0.3, -0.25) is 0 Å². The number of nitrogens with one attached hydrogen (secondary N) is 1. The zero-order chi connectivity index (χ0) is 12.4. The zero-order valence-corrected chi connectivity index (χ0v) is 11.5. The third-order valence-corrected chi connectivity index (χ3v) is 3.53. The van der Waals surface area contributed by atoms with Crippen LogP contribution in [0.2, 0.25) is 10.0 Å². The third-order valence-electron chi connectivity index (χ3n) is 2.93. The number of ether oxygens (including phenoxy) is 1. The molecule has 94 valence electrons. The van der Waals surface area contributed by atoms with E-state index < -0.39 is 0 Å². The van der Waals surface area contributed by atoms with Crippen LogP contribution >= 0.6 is 23.2 Å². The van der Waals surface area contributed by atoms with Crippen LogP contribution in [0.1, 0.15) is 6.92 Å². The molecule has 0 amide bonds. The molecular weight excluding hydrogens is 259 g/mol. The van der Waals surface area contributed by atoms with Gasteiger partial charge in [-0.05, 0) is 13.0 Å². The van der Waals surface area contributed by atoms with Crippen molar-refractivity contribution in [3.63, 3.8) is 0 Å². The Balaban J connectivity index is 2.30. The van der Waals surface area contributed by atoms with Crippen LogP contribution in [-0.4, -0.2) is 32.8 Å². The summed E-state index contributed by atoms with van der Waals surface area (Å²) < 4.78 is 5.23. The van der Waals surface area contributed by atoms with Crippen LogP contribution in [0.5, 0.6) is 5.75 Å². The first kappa shape index (κ1) is 12.8. The number of piperazine rings is 1. The number of methoxy groups -OCH3 is 1. The number of hydrogen-bond acceptors (Lipinski definition) is 3. The molecule has 0 spiro atoms. The van der Waals surface area contributed by atoms with Crippen LogP contribution in [0.4, 0.5) is 5.69 Å². The highest BCUT2D eigenvalue weighted by molar-refractivity contribution is 6.37. The number of benzene rings is 1. The van der Waals surface area contributed by atoms with Crippen LogP contribution in [-0.2, 0) is 0 Å². The monoisotopic (exact) mass is 274 g/mol. The summed E-state index contributed by atoms with van der Waals surface area (Å²) in [6.45, 7) is 5.00. The number of rotatable bonds is 2. The van der Waals surface area contributed by atoms with E-state index in [0.29, 0.717) is 21.8 Å². The van der Waals surface area contributed by atoms with Gasteiger partial charge in [0.05, 0.1) is 22.8 Å². The van der Waals surface area contributed by atoms with Crippen molar-refractivity contribution in [1.29, 1.82) is 0 Å². The zero-order valence-electron chi connectivity index (χ0n) is 9.96. The van der Waals surface area contributed by atoms with Crippen molar-refractivity contribution in [3.8, 4) is 5.75 Å². The normalized spacial score (nSPS) is 20.5. The quantitative estimate of drug-likeness (QED) is 0.898. The van der Waals surface area contributed by atoms with Crippen LogP contribution in [0.3, 0.4) is 0 Å². The lowest BCUT2D eigenvalue weighted by atomic mass is 10.2. The largest absolute Gasteiger partial charge is 0.495 e. The van der Waals surface area contributed by atoms with E-state index in [9.17, 15) is 0 Å². The second kappa shape index (κ2) is 5.34. The van der Waals surface area contributed by atoms with Gasteiger partial charge in [0.2, 0.25) is 0 Å². The summed E-state index contributed by atoms with van der Waals surface area (Å²) in [6.07, 6.45) is 0. The van der Waals surface area contributed by atoms with Gasteiger partial charge >= 0.3 is 0 Å². The van der Waals surface area contributed by atoms with Gasteiger partial charge in [-0.1, -0.05) is 23.2 Å². The van der Waals surface area contributed by atoms with Crippen LogP contribution < -0.4 is 15.0 Å². The van der Waals surface area contributed by atoms with E-state index in [2.05, 4.69) is 17.1 Å². The highest BCUT2D eigenvalue weighted by Crippen LogP contribution is 2.36. The Labute approximate surface area is 112 Å². The Bertz CT molecular complexity index is 412. The van der Waals surface area contributed by atoms with Gasteiger partial charge in [0.15, 0.2) is 0 Å². The first-order valence-corrected chi connectivity index (χ1v) is 6.38. The molecule has 1 atom stereocenters. The fourth-order valence-corrected chi connectivity index (χ4v) is 2.65. The van der Waals surface area contributed by atoms with Crippen molar-refractivity contribution >= 4 is 28.9 Å². The molecule has 0 aromatic heterocycles. The molecule has 5 heteroatoms. The summed E-state index contributed by atoms with van der Waals surface area (Å²) in [7, 11) is 1.61. The van der Waals surface area contributed by atoms with E-state index >= 15 is 0 Å². The summed E-state index contributed by atoms with van der Waals surface area (Å²) in [4.78, 5) is 2.25. The number of anilines is 1. The fraction of sp³-hybridized carbons (Fsp3) is 0.500. The van der Waals surface area contributed by atoms with Crippen molar-refractivity contribution in [2.24, 2.45) is 0 Å². The Kier molecular flexibility index (Phi) is 4.02. The van der Waals surface area contributed by atoms with E-state index in [4.69, 9.17) is 27.9 Å². The summed E-state index contributed by atoms with van der Waals surface area (Å²) in [5.74, 6) is 0.664. The van der Waals surface area contributed by atoms with E-state index in [1.807, 2.05) is 6.07 Å². The molecule has 1 fully saturated rings. The molecule has 1 N–H and O–H groups in total. The summed E-state index contributed by atoms with van der Waals surface area (Å²) >= 11 is 12.3. The Hall–Kier alpha value is -0.640. The van der Waals surface area contributed by atoms with Gasteiger partial charge in [0.25, 0.3) is 0 Å². The Morgan fingerprint density at radius 2 is 2.12 bits per heavy atom. The molecule has 0 radical (unpaired) electrons. The lowest BCUT2D eigenvalue weighted by molar-refractivity contribution is 0.414. The summed E-state index contributed by atoms with van der Waals surface area (Å²) in [5, 5.41) is 4.62. The average molecular weight is 275 g/mol. The smallest absolute Gasteiger partial charge is 0.139 e. The number of halogens is 2. The minimum absolute atomic E-state index is 0.460. The predicted octanol–water partition coefficient (Wildman–Crippen LogP) is 2.80. The maximum atomic E-state index is 6.24. The van der Waals surface area contributed by atoms with Gasteiger partial charge in [0, 0.05) is 31.7 Å². The SMILES string of the molecule is COc1cc(N2CCNC(C)C2)c(Cl)cc1Cl. The molecule has 1 aromatic rings. The second-order valence-electron chi connectivity index (χ2n) is 4.24. The van der Waals surface area contributed by atoms with E-state index in [-0.39, 0.29) is 0 Å². The average Bonchev–Trinajstić information content (AvgIpc) is 2.29. The van der Waals surface area contributed by atoms with Gasteiger partial charge < -0.3 is 15.0 Å². The maximum absolute atomic E-state index is 6.24. The van der Waals surface area contributed by atoms with Crippen molar-refractivity contribution in [2.75, 3.05) is 31.6 Å². The van der Waals surface area contributed by atoms with Gasteiger partial charge in [0.1, 0.15) is 5.75 Å². The van der Waals surface area contributed by atoms with Crippen molar-refractivity contribution in [2.45, 2.75) is 13.0 Å². The third kappa shape index (κ3) is 2.79. The number of nitrogens with zero attached hydrogens (tertiary/aromatic N) is 1. The van der Waals surface area contributed by atoms with Crippen molar-refractivity contribution in [1.82, 2.24) is 5.32 Å². The van der Waals surface area contributed by atoms with Crippen LogP contribution in [0, 0.1) is 0 Å². The van der Waals surface area contributed by atoms with Crippen LogP contribution in [0.25, 0.3) is 0 Å². The standard InChI is InChI=1S/C12H16Cl2N2O/c1-8-7-16(4-3-15-8)11-6-12(17-2)10(14)5-9(11)13/h5-6,8,15H,3-4,7H2,1-2H3. The van der Waals surface area contributed by atoms with E-state index in [0.717, 1.165) is 25.3 Å². The Morgan fingerprint density at radius 1 is 1.35 bits per heavy atom. The van der Waals surface area contributed by atoms with Crippen molar-refractivity contribution in [3.05, 3.63) is 22.2 Å². The molecule has 1 saturated heterocycles. The molecule has 0 aliphatic carbocycles. The predicted molar refractivity (Wildman–Crippen MR) is 72.7 cm³/mol. The van der Waals surface area contributed by atoms with E-state index in [1.165, 1.54) is 0 Å². The van der Waals surface area contributed by atoms with Crippen LogP contribution in [0.15, 0.2) is 12.1 Å². The van der Waals surface area contributed by atoms with Crippen molar-refractivity contribution < 1.29 is 4.74 Å². The van der Waals surface area contributed by atoms with Gasteiger partial charge in [-0.2, -0.15) is 0 Å². The minimum atomic E-state index is 0.460. The van der Waals surface area contributed by atoms with Gasteiger partial charge in [-0.15, -0.1) is 0 Å². The van der Waals surface area contributed by atoms with Gasteiger partial charge in [-0.25, -0.2) is 0 Å². The first-order chi connectivity index (χ1) is 8.11. The maximum Gasteiger partial charge on any atom is 0.139 e. The second-order valence-corrected chi connectivity index (χ2v) is 5.05. The summed E-state index contributed by atoms with van der Waals surface area (Å²) in [6, 6.07) is 4.11. The molecule has 1 heterocycles. The molecule has 1 aliphatic heterocycles. The first-order valence-electron chi connectivity index (χ1n) is 5.63. The van der Waals surface area contributed by atoms with E-state index in [1.54, 1.807) is 13.2 Å². The number of hydrogen-bond donors (Lipinski definition) is 1.